The minimum atomic E-state index is -0.309. The minimum absolute atomic E-state index is 0.226. The van der Waals surface area contributed by atoms with Gasteiger partial charge in [0.25, 0.3) is 5.91 Å². The molecule has 0 radical (unpaired) electrons. The number of benzene rings is 1. The summed E-state index contributed by atoms with van der Waals surface area (Å²) in [5, 5.41) is 4.35. The number of nitrogens with one attached hydrogen (secondary N) is 1. The van der Waals surface area contributed by atoms with Gasteiger partial charge >= 0.3 is 0 Å². The monoisotopic (exact) mass is 429 g/mol. The second-order valence-corrected chi connectivity index (χ2v) is 8.16. The maximum atomic E-state index is 12.4. The number of amides is 2. The first-order valence-electron chi connectivity index (χ1n) is 8.88. The zero-order chi connectivity index (χ0) is 21.0. The number of carbonyl (C=O) groups is 2. The number of nitrogens with zero attached hydrogens (tertiary/aromatic N) is 4. The predicted molar refractivity (Wildman–Crippen MR) is 113 cm³/mol. The van der Waals surface area contributed by atoms with E-state index in [2.05, 4.69) is 20.3 Å². The second-order valence-electron chi connectivity index (χ2n) is 6.43. The van der Waals surface area contributed by atoms with E-state index in [-0.39, 0.29) is 18.1 Å². The molecular weight excluding hydrogens is 410 g/mol. The highest BCUT2D eigenvalue weighted by Gasteiger charge is 2.16. The number of rotatable bonds is 7. The van der Waals surface area contributed by atoms with Crippen molar-refractivity contribution in [1.29, 1.82) is 0 Å². The van der Waals surface area contributed by atoms with Crippen LogP contribution in [0.4, 0.5) is 5.69 Å². The quantitative estimate of drug-likeness (QED) is 0.579. The van der Waals surface area contributed by atoms with E-state index in [0.717, 1.165) is 21.9 Å². The topological polar surface area (TPSA) is 88.1 Å². The van der Waals surface area contributed by atoms with Crippen molar-refractivity contribution in [3.8, 4) is 0 Å². The van der Waals surface area contributed by atoms with Gasteiger partial charge in [0.15, 0.2) is 0 Å². The Labute approximate surface area is 177 Å². The standard InChI is InChI=1S/C20H20ClN5O2S/c1-12-16(21)5-4-6-19(12)26(11-27)10-18-13(2)25-17(9-23-18)20(28)24-8-15-7-22-14(3)29-15/h4-7,9,11H,8,10H2,1-3H3,(H,24,28). The average molecular weight is 430 g/mol. The second kappa shape index (κ2) is 9.11. The molecule has 0 spiro atoms. The van der Waals surface area contributed by atoms with Crippen molar-refractivity contribution in [2.75, 3.05) is 4.90 Å². The van der Waals surface area contributed by atoms with E-state index in [1.165, 1.54) is 22.4 Å². The molecule has 150 valence electrons. The number of aryl methyl sites for hydroxylation is 2. The molecule has 0 saturated carbocycles. The third-order valence-electron chi connectivity index (χ3n) is 4.37. The molecule has 0 aliphatic carbocycles. The van der Waals surface area contributed by atoms with Crippen LogP contribution in [0.3, 0.4) is 0 Å². The van der Waals surface area contributed by atoms with Crippen molar-refractivity contribution in [2.24, 2.45) is 0 Å². The van der Waals surface area contributed by atoms with Gasteiger partial charge in [0.05, 0.1) is 35.7 Å². The first-order chi connectivity index (χ1) is 13.9. The predicted octanol–water partition coefficient (Wildman–Crippen LogP) is 3.60. The summed E-state index contributed by atoms with van der Waals surface area (Å²) < 4.78 is 0. The van der Waals surface area contributed by atoms with Crippen molar-refractivity contribution >= 4 is 40.9 Å². The molecule has 0 saturated heterocycles. The molecule has 1 N–H and O–H groups in total. The molecule has 29 heavy (non-hydrogen) atoms. The summed E-state index contributed by atoms with van der Waals surface area (Å²) in [6.07, 6.45) is 3.90. The third kappa shape index (κ3) is 4.96. The minimum Gasteiger partial charge on any atom is -0.346 e. The lowest BCUT2D eigenvalue weighted by Gasteiger charge is -2.20. The summed E-state index contributed by atoms with van der Waals surface area (Å²) in [6, 6.07) is 5.38. The Morgan fingerprint density at radius 2 is 2.03 bits per heavy atom. The molecule has 3 aromatic rings. The van der Waals surface area contributed by atoms with E-state index < -0.39 is 0 Å². The van der Waals surface area contributed by atoms with E-state index >= 15 is 0 Å². The van der Waals surface area contributed by atoms with Crippen molar-refractivity contribution < 1.29 is 9.59 Å². The van der Waals surface area contributed by atoms with Gasteiger partial charge in [-0.3, -0.25) is 14.6 Å². The van der Waals surface area contributed by atoms with E-state index in [4.69, 9.17) is 11.6 Å². The Hall–Kier alpha value is -2.84. The zero-order valence-corrected chi connectivity index (χ0v) is 17.8. The molecule has 7 nitrogen and oxygen atoms in total. The molecule has 1 aromatic carbocycles. The fourth-order valence-electron chi connectivity index (χ4n) is 2.76. The van der Waals surface area contributed by atoms with Crippen LogP contribution in [-0.2, 0) is 17.9 Å². The Bertz CT molecular complexity index is 1050. The Morgan fingerprint density at radius 3 is 2.69 bits per heavy atom. The van der Waals surface area contributed by atoms with Gasteiger partial charge in [-0.1, -0.05) is 17.7 Å². The van der Waals surface area contributed by atoms with Gasteiger partial charge in [0, 0.05) is 21.8 Å². The number of hydrogen-bond donors (Lipinski definition) is 1. The summed E-state index contributed by atoms with van der Waals surface area (Å²) in [4.78, 5) is 39.4. The van der Waals surface area contributed by atoms with Gasteiger partial charge in [0.1, 0.15) is 5.69 Å². The summed E-state index contributed by atoms with van der Waals surface area (Å²) in [7, 11) is 0. The van der Waals surface area contributed by atoms with Crippen molar-refractivity contribution in [3.63, 3.8) is 0 Å². The van der Waals surface area contributed by atoms with Crippen LogP contribution in [0.1, 0.15) is 37.3 Å². The molecule has 3 rings (SSSR count). The van der Waals surface area contributed by atoms with Crippen LogP contribution in [0.15, 0.2) is 30.6 Å². The Morgan fingerprint density at radius 1 is 1.24 bits per heavy atom. The zero-order valence-electron chi connectivity index (χ0n) is 16.3. The van der Waals surface area contributed by atoms with Crippen LogP contribution >= 0.6 is 22.9 Å². The molecule has 2 amide bonds. The molecule has 0 bridgehead atoms. The van der Waals surface area contributed by atoms with Gasteiger partial charge < -0.3 is 10.2 Å². The van der Waals surface area contributed by atoms with Crippen LogP contribution in [0.25, 0.3) is 0 Å². The number of aromatic nitrogens is 3. The van der Waals surface area contributed by atoms with Gasteiger partial charge in [-0.2, -0.15) is 0 Å². The van der Waals surface area contributed by atoms with E-state index in [1.54, 1.807) is 25.3 Å². The lowest BCUT2D eigenvalue weighted by atomic mass is 10.1. The van der Waals surface area contributed by atoms with E-state index in [9.17, 15) is 9.59 Å². The summed E-state index contributed by atoms with van der Waals surface area (Å²) in [5.74, 6) is -0.309. The van der Waals surface area contributed by atoms with Crippen LogP contribution < -0.4 is 10.2 Å². The van der Waals surface area contributed by atoms with Crippen LogP contribution in [0.5, 0.6) is 0 Å². The fraction of sp³-hybridized carbons (Fsp3) is 0.250. The lowest BCUT2D eigenvalue weighted by molar-refractivity contribution is -0.107. The number of hydrogen-bond acceptors (Lipinski definition) is 6. The Kier molecular flexibility index (Phi) is 6.56. The first kappa shape index (κ1) is 20.9. The molecule has 9 heteroatoms. The molecule has 0 unspecified atom stereocenters. The lowest BCUT2D eigenvalue weighted by Crippen LogP contribution is -2.26. The molecular formula is C20H20ClN5O2S. The number of anilines is 1. The molecule has 2 aromatic heterocycles. The summed E-state index contributed by atoms with van der Waals surface area (Å²) >= 11 is 7.69. The van der Waals surface area contributed by atoms with Crippen molar-refractivity contribution in [3.05, 3.63) is 68.1 Å². The largest absolute Gasteiger partial charge is 0.346 e. The van der Waals surface area contributed by atoms with Crippen LogP contribution in [-0.4, -0.2) is 27.3 Å². The van der Waals surface area contributed by atoms with Gasteiger partial charge in [-0.15, -0.1) is 11.3 Å². The smallest absolute Gasteiger partial charge is 0.271 e. The molecule has 0 aliphatic heterocycles. The number of thiazole rings is 1. The molecule has 0 aliphatic rings. The highest BCUT2D eigenvalue weighted by Crippen LogP contribution is 2.27. The highest BCUT2D eigenvalue weighted by molar-refractivity contribution is 7.11. The molecule has 2 heterocycles. The average Bonchev–Trinajstić information content (AvgIpc) is 3.13. The Balaban J connectivity index is 1.72. The van der Waals surface area contributed by atoms with Crippen molar-refractivity contribution in [1.82, 2.24) is 20.3 Å². The summed E-state index contributed by atoms with van der Waals surface area (Å²) in [5.41, 5.74) is 2.92. The fourth-order valence-corrected chi connectivity index (χ4v) is 3.67. The normalized spacial score (nSPS) is 10.6. The van der Waals surface area contributed by atoms with Gasteiger partial charge in [-0.25, -0.2) is 9.97 Å². The van der Waals surface area contributed by atoms with E-state index in [1.807, 2.05) is 19.9 Å². The third-order valence-corrected chi connectivity index (χ3v) is 5.69. The molecule has 0 fully saturated rings. The van der Waals surface area contributed by atoms with Crippen molar-refractivity contribution in [2.45, 2.75) is 33.9 Å². The van der Waals surface area contributed by atoms with Gasteiger partial charge in [0.2, 0.25) is 6.41 Å². The van der Waals surface area contributed by atoms with E-state index in [0.29, 0.717) is 28.6 Å². The maximum Gasteiger partial charge on any atom is 0.271 e. The summed E-state index contributed by atoms with van der Waals surface area (Å²) in [6.45, 7) is 6.15. The number of carbonyl (C=O) groups excluding carboxylic acids is 2. The SMILES string of the molecule is Cc1ncc(CNC(=O)c2cnc(CN(C=O)c3cccc(Cl)c3C)c(C)n2)s1. The van der Waals surface area contributed by atoms with Crippen LogP contribution in [0, 0.1) is 20.8 Å². The first-order valence-corrected chi connectivity index (χ1v) is 10.1. The molecule has 0 atom stereocenters. The number of halogens is 1. The maximum absolute atomic E-state index is 12.4. The highest BCUT2D eigenvalue weighted by atomic mass is 35.5. The van der Waals surface area contributed by atoms with Gasteiger partial charge in [-0.05, 0) is 38.5 Å². The van der Waals surface area contributed by atoms with Crippen LogP contribution in [0.2, 0.25) is 5.02 Å².